The van der Waals surface area contributed by atoms with Crippen LogP contribution in [0.2, 0.25) is 0 Å². The van der Waals surface area contributed by atoms with Crippen molar-refractivity contribution in [3.63, 3.8) is 0 Å². The van der Waals surface area contributed by atoms with Crippen LogP contribution in [0, 0.1) is 0 Å². The largest absolute Gasteiger partial charge is 0.386 e. The highest BCUT2D eigenvalue weighted by Gasteiger charge is 2.07. The average Bonchev–Trinajstić information content (AvgIpc) is 2.07. The third-order valence-electron chi connectivity index (χ3n) is 1.63. The predicted molar refractivity (Wildman–Crippen MR) is 61.5 cm³/mol. The number of allylic oxidation sites excluding steroid dienone is 3. The number of nitrogens with one attached hydrogen (secondary N) is 1. The van der Waals surface area contributed by atoms with Crippen molar-refractivity contribution in [1.82, 2.24) is 5.32 Å². The van der Waals surface area contributed by atoms with Crippen LogP contribution in [0.4, 0.5) is 0 Å². The van der Waals surface area contributed by atoms with Crippen molar-refractivity contribution in [1.29, 1.82) is 0 Å². The van der Waals surface area contributed by atoms with E-state index in [1.54, 1.807) is 0 Å². The molecule has 3 heteroatoms. The van der Waals surface area contributed by atoms with Crippen molar-refractivity contribution in [2.45, 2.75) is 19.9 Å². The average molecular weight is 194 g/mol. The standard InChI is InChI=1S/C10H14N2S/c1-7(2)12-9-5-4-8(13)6-10(9)11-3/h4-7,11H,1-3H3. The molecular formula is C10H14N2S. The lowest BCUT2D eigenvalue weighted by Crippen LogP contribution is -2.19. The summed E-state index contributed by atoms with van der Waals surface area (Å²) >= 11 is 5.06. The first-order valence-electron chi connectivity index (χ1n) is 4.33. The molecule has 0 heterocycles. The molecule has 13 heavy (non-hydrogen) atoms. The molecule has 1 aliphatic rings. The Hall–Kier alpha value is -0.960. The SMILES string of the molecule is CNC1=CC(=S)C=CC1=NC(C)C. The van der Waals surface area contributed by atoms with Gasteiger partial charge in [-0.1, -0.05) is 12.2 Å². The summed E-state index contributed by atoms with van der Waals surface area (Å²) in [5.74, 6) is 0. The molecule has 0 aliphatic heterocycles. The lowest BCUT2D eigenvalue weighted by Gasteiger charge is -2.12. The number of nitrogens with zero attached hydrogens (tertiary/aromatic N) is 1. The Bertz CT molecular complexity index is 298. The zero-order valence-corrected chi connectivity index (χ0v) is 8.98. The van der Waals surface area contributed by atoms with Gasteiger partial charge in [-0.15, -0.1) is 0 Å². The summed E-state index contributed by atoms with van der Waals surface area (Å²) in [7, 11) is 1.88. The number of aliphatic imine (C=N–C) groups is 1. The summed E-state index contributed by atoms with van der Waals surface area (Å²) in [6.07, 6.45) is 5.78. The maximum absolute atomic E-state index is 5.06. The van der Waals surface area contributed by atoms with E-state index >= 15 is 0 Å². The minimum Gasteiger partial charge on any atom is -0.386 e. The molecule has 0 radical (unpaired) electrons. The second kappa shape index (κ2) is 4.33. The summed E-state index contributed by atoms with van der Waals surface area (Å²) in [6.45, 7) is 4.11. The Labute approximate surface area is 84.4 Å². The molecule has 2 nitrogen and oxygen atoms in total. The first-order valence-corrected chi connectivity index (χ1v) is 4.74. The summed E-state index contributed by atoms with van der Waals surface area (Å²) in [4.78, 5) is 5.30. The predicted octanol–water partition coefficient (Wildman–Crippen LogP) is 1.88. The van der Waals surface area contributed by atoms with Gasteiger partial charge in [0.2, 0.25) is 0 Å². The van der Waals surface area contributed by atoms with E-state index in [2.05, 4.69) is 24.2 Å². The van der Waals surface area contributed by atoms with Gasteiger partial charge in [0.1, 0.15) is 0 Å². The number of rotatable bonds is 2. The van der Waals surface area contributed by atoms with Gasteiger partial charge < -0.3 is 5.32 Å². The molecule has 1 N–H and O–H groups in total. The smallest absolute Gasteiger partial charge is 0.0809 e. The van der Waals surface area contributed by atoms with Gasteiger partial charge in [-0.25, -0.2) is 0 Å². The molecule has 1 aliphatic carbocycles. The lowest BCUT2D eigenvalue weighted by atomic mass is 10.1. The molecular weight excluding hydrogens is 180 g/mol. The summed E-state index contributed by atoms with van der Waals surface area (Å²) in [6, 6.07) is 0.308. The fourth-order valence-electron chi connectivity index (χ4n) is 1.11. The van der Waals surface area contributed by atoms with Gasteiger partial charge >= 0.3 is 0 Å². The Morgan fingerprint density at radius 3 is 2.62 bits per heavy atom. The van der Waals surface area contributed by atoms with Gasteiger partial charge in [0, 0.05) is 18.0 Å². The van der Waals surface area contributed by atoms with E-state index in [1.807, 2.05) is 25.3 Å². The van der Waals surface area contributed by atoms with Crippen molar-refractivity contribution in [3.05, 3.63) is 23.9 Å². The maximum Gasteiger partial charge on any atom is 0.0809 e. The van der Waals surface area contributed by atoms with Gasteiger partial charge in [-0.3, -0.25) is 4.99 Å². The fourth-order valence-corrected chi connectivity index (χ4v) is 1.29. The Morgan fingerprint density at radius 1 is 1.38 bits per heavy atom. The van der Waals surface area contributed by atoms with Crippen LogP contribution in [-0.2, 0) is 0 Å². The molecule has 0 bridgehead atoms. The van der Waals surface area contributed by atoms with Gasteiger partial charge in [0.05, 0.1) is 11.4 Å². The molecule has 0 saturated heterocycles. The zero-order valence-electron chi connectivity index (χ0n) is 8.16. The van der Waals surface area contributed by atoms with E-state index in [1.165, 1.54) is 0 Å². The highest BCUT2D eigenvalue weighted by molar-refractivity contribution is 7.81. The summed E-state index contributed by atoms with van der Waals surface area (Å²) < 4.78 is 0. The van der Waals surface area contributed by atoms with Crippen molar-refractivity contribution in [2.24, 2.45) is 4.99 Å². The third-order valence-corrected chi connectivity index (χ3v) is 1.89. The van der Waals surface area contributed by atoms with Gasteiger partial charge in [0.15, 0.2) is 0 Å². The molecule has 0 aromatic rings. The number of hydrogen-bond acceptors (Lipinski definition) is 3. The third kappa shape index (κ3) is 2.77. The second-order valence-corrected chi connectivity index (χ2v) is 3.62. The molecule has 0 atom stereocenters. The van der Waals surface area contributed by atoms with Crippen molar-refractivity contribution < 1.29 is 0 Å². The first-order chi connectivity index (χ1) is 6.13. The minimum atomic E-state index is 0.308. The van der Waals surface area contributed by atoms with E-state index in [0.29, 0.717) is 6.04 Å². The molecule has 70 valence electrons. The Kier molecular flexibility index (Phi) is 3.37. The normalized spacial score (nSPS) is 19.5. The Morgan fingerprint density at radius 2 is 2.08 bits per heavy atom. The molecule has 0 spiro atoms. The molecule has 1 rings (SSSR count). The second-order valence-electron chi connectivity index (χ2n) is 3.15. The van der Waals surface area contributed by atoms with Crippen LogP contribution < -0.4 is 5.32 Å². The molecule has 0 unspecified atom stereocenters. The van der Waals surface area contributed by atoms with Crippen LogP contribution in [-0.4, -0.2) is 23.7 Å². The van der Waals surface area contributed by atoms with Crippen LogP contribution in [0.15, 0.2) is 28.9 Å². The zero-order chi connectivity index (χ0) is 9.84. The molecule has 0 aromatic heterocycles. The summed E-state index contributed by atoms with van der Waals surface area (Å²) in [5.41, 5.74) is 1.98. The number of hydrogen-bond donors (Lipinski definition) is 1. The Balaban J connectivity index is 2.93. The maximum atomic E-state index is 5.06. The van der Waals surface area contributed by atoms with E-state index < -0.39 is 0 Å². The van der Waals surface area contributed by atoms with Gasteiger partial charge in [0.25, 0.3) is 0 Å². The van der Waals surface area contributed by atoms with Crippen LogP contribution in [0.1, 0.15) is 13.8 Å². The van der Waals surface area contributed by atoms with Gasteiger partial charge in [-0.05, 0) is 32.1 Å². The molecule has 0 amide bonds. The monoisotopic (exact) mass is 194 g/mol. The van der Waals surface area contributed by atoms with Crippen molar-refractivity contribution in [2.75, 3.05) is 7.05 Å². The highest BCUT2D eigenvalue weighted by Crippen LogP contribution is 2.06. The van der Waals surface area contributed by atoms with E-state index in [4.69, 9.17) is 12.2 Å². The minimum absolute atomic E-state index is 0.308. The molecule has 0 fully saturated rings. The fraction of sp³-hybridized carbons (Fsp3) is 0.400. The topological polar surface area (TPSA) is 24.4 Å². The van der Waals surface area contributed by atoms with Crippen LogP contribution in [0.25, 0.3) is 0 Å². The highest BCUT2D eigenvalue weighted by atomic mass is 32.1. The van der Waals surface area contributed by atoms with Crippen LogP contribution in [0.3, 0.4) is 0 Å². The number of thiocarbonyl (C=S) groups is 1. The van der Waals surface area contributed by atoms with Crippen molar-refractivity contribution >= 4 is 22.8 Å². The van der Waals surface area contributed by atoms with E-state index in [9.17, 15) is 0 Å². The lowest BCUT2D eigenvalue weighted by molar-refractivity contribution is 0.834. The van der Waals surface area contributed by atoms with E-state index in [-0.39, 0.29) is 0 Å². The molecule has 0 saturated carbocycles. The van der Waals surface area contributed by atoms with Crippen molar-refractivity contribution in [3.8, 4) is 0 Å². The first kappa shape index (κ1) is 10.1. The summed E-state index contributed by atoms with van der Waals surface area (Å²) in [5, 5.41) is 3.08. The molecule has 0 aromatic carbocycles. The quantitative estimate of drug-likeness (QED) is 0.679. The van der Waals surface area contributed by atoms with Crippen LogP contribution in [0.5, 0.6) is 0 Å². The van der Waals surface area contributed by atoms with Crippen LogP contribution >= 0.6 is 12.2 Å². The van der Waals surface area contributed by atoms with Gasteiger partial charge in [-0.2, -0.15) is 0 Å². The van der Waals surface area contributed by atoms with E-state index in [0.717, 1.165) is 16.3 Å².